The first-order chi connectivity index (χ1) is 11.2. The monoisotopic (exact) mass is 323 g/mol. The molecule has 4 aromatic rings. The van der Waals surface area contributed by atoms with Crippen LogP contribution in [0.25, 0.3) is 21.8 Å². The van der Waals surface area contributed by atoms with Crippen molar-refractivity contribution in [2.45, 2.75) is 0 Å². The first-order valence-electron chi connectivity index (χ1n) is 6.84. The van der Waals surface area contributed by atoms with Crippen molar-refractivity contribution in [3.63, 3.8) is 0 Å². The van der Waals surface area contributed by atoms with Crippen LogP contribution < -0.4 is 0 Å². The lowest BCUT2D eigenvalue weighted by Crippen LogP contribution is -1.82. The van der Waals surface area contributed by atoms with Crippen LogP contribution in [0.1, 0.15) is 0 Å². The van der Waals surface area contributed by atoms with Gasteiger partial charge in [0, 0.05) is 15.8 Å². The molecule has 0 aliphatic rings. The number of aromatic hydroxyl groups is 1. The SMILES string of the molecule is Oc1[nH]c2ccccc2c1N=Nc1ncnc2ccc(Cl)cc12. The molecule has 0 spiro atoms. The van der Waals surface area contributed by atoms with E-state index in [1.54, 1.807) is 18.2 Å². The quantitative estimate of drug-likeness (QED) is 0.515. The van der Waals surface area contributed by atoms with Crippen LogP contribution in [-0.4, -0.2) is 20.1 Å². The number of nitrogens with zero attached hydrogens (tertiary/aromatic N) is 4. The predicted octanol–water partition coefficient (Wildman–Crippen LogP) is 4.89. The van der Waals surface area contributed by atoms with Gasteiger partial charge in [-0.3, -0.25) is 0 Å². The first-order valence-corrected chi connectivity index (χ1v) is 7.22. The van der Waals surface area contributed by atoms with Crippen LogP contribution in [-0.2, 0) is 0 Å². The van der Waals surface area contributed by atoms with Crippen molar-refractivity contribution in [3.05, 3.63) is 53.8 Å². The third kappa shape index (κ3) is 2.39. The second-order valence-electron chi connectivity index (χ2n) is 4.93. The summed E-state index contributed by atoms with van der Waals surface area (Å²) in [5, 5.41) is 20.4. The number of aromatic nitrogens is 3. The number of halogens is 1. The Morgan fingerprint density at radius 3 is 2.78 bits per heavy atom. The maximum atomic E-state index is 10.0. The van der Waals surface area contributed by atoms with E-state index >= 15 is 0 Å². The zero-order valence-electron chi connectivity index (χ0n) is 11.7. The molecule has 6 nitrogen and oxygen atoms in total. The van der Waals surface area contributed by atoms with Crippen molar-refractivity contribution >= 4 is 44.9 Å². The van der Waals surface area contributed by atoms with Gasteiger partial charge < -0.3 is 10.1 Å². The van der Waals surface area contributed by atoms with E-state index in [1.807, 2.05) is 24.3 Å². The molecule has 0 saturated heterocycles. The van der Waals surface area contributed by atoms with Crippen molar-refractivity contribution in [2.75, 3.05) is 0 Å². The normalized spacial score (nSPS) is 11.7. The number of H-pyrrole nitrogens is 1. The van der Waals surface area contributed by atoms with Crippen LogP contribution in [0.3, 0.4) is 0 Å². The summed E-state index contributed by atoms with van der Waals surface area (Å²) in [5.74, 6) is 0.355. The molecule has 0 aliphatic carbocycles. The van der Waals surface area contributed by atoms with Gasteiger partial charge in [0.1, 0.15) is 6.33 Å². The fraction of sp³-hybridized carbons (Fsp3) is 0. The zero-order chi connectivity index (χ0) is 15.8. The molecule has 0 fully saturated rings. The van der Waals surface area contributed by atoms with Gasteiger partial charge in [-0.1, -0.05) is 29.8 Å². The van der Waals surface area contributed by atoms with Gasteiger partial charge in [0.05, 0.1) is 11.0 Å². The molecule has 0 aliphatic heterocycles. The number of fused-ring (bicyclic) bond motifs is 2. The van der Waals surface area contributed by atoms with E-state index < -0.39 is 0 Å². The minimum atomic E-state index is -0.0358. The van der Waals surface area contributed by atoms with Crippen molar-refractivity contribution in [2.24, 2.45) is 10.2 Å². The molecule has 0 radical (unpaired) electrons. The number of azo groups is 1. The number of para-hydroxylation sites is 1. The van der Waals surface area contributed by atoms with Crippen LogP contribution in [0.4, 0.5) is 11.5 Å². The van der Waals surface area contributed by atoms with Crippen LogP contribution in [0.15, 0.2) is 59.0 Å². The average Bonchev–Trinajstić information content (AvgIpc) is 2.88. The average molecular weight is 324 g/mol. The summed E-state index contributed by atoms with van der Waals surface area (Å²) in [4.78, 5) is 11.2. The van der Waals surface area contributed by atoms with E-state index in [0.29, 0.717) is 21.9 Å². The highest BCUT2D eigenvalue weighted by Gasteiger charge is 2.10. The summed E-state index contributed by atoms with van der Waals surface area (Å²) in [6.45, 7) is 0. The zero-order valence-corrected chi connectivity index (χ0v) is 12.5. The molecule has 23 heavy (non-hydrogen) atoms. The number of aromatic amines is 1. The minimum Gasteiger partial charge on any atom is -0.493 e. The second-order valence-corrected chi connectivity index (χ2v) is 5.36. The molecule has 2 aromatic carbocycles. The lowest BCUT2D eigenvalue weighted by Gasteiger charge is -1.99. The maximum absolute atomic E-state index is 10.0. The summed E-state index contributed by atoms with van der Waals surface area (Å²) in [6, 6.07) is 12.7. The smallest absolute Gasteiger partial charge is 0.218 e. The molecule has 0 bridgehead atoms. The fourth-order valence-corrected chi connectivity index (χ4v) is 2.58. The number of hydrogen-bond acceptors (Lipinski definition) is 5. The molecule has 2 N–H and O–H groups in total. The maximum Gasteiger partial charge on any atom is 0.218 e. The van der Waals surface area contributed by atoms with E-state index in [-0.39, 0.29) is 5.88 Å². The first kappa shape index (κ1) is 13.7. The van der Waals surface area contributed by atoms with Crippen molar-refractivity contribution in [1.29, 1.82) is 0 Å². The molecule has 4 rings (SSSR count). The van der Waals surface area contributed by atoms with Crippen LogP contribution in [0.2, 0.25) is 5.02 Å². The third-order valence-electron chi connectivity index (χ3n) is 3.48. The lowest BCUT2D eigenvalue weighted by molar-refractivity contribution is 0.459. The summed E-state index contributed by atoms with van der Waals surface area (Å²) < 4.78 is 0. The summed E-state index contributed by atoms with van der Waals surface area (Å²) in [7, 11) is 0. The van der Waals surface area contributed by atoms with E-state index in [2.05, 4.69) is 25.2 Å². The Morgan fingerprint density at radius 2 is 1.87 bits per heavy atom. The number of hydrogen-bond donors (Lipinski definition) is 2. The molecule has 0 atom stereocenters. The van der Waals surface area contributed by atoms with Gasteiger partial charge in [0.25, 0.3) is 0 Å². The lowest BCUT2D eigenvalue weighted by atomic mass is 10.2. The molecule has 0 saturated carbocycles. The summed E-state index contributed by atoms with van der Waals surface area (Å²) in [6.07, 6.45) is 1.42. The molecular weight excluding hydrogens is 314 g/mol. The Balaban J connectivity index is 1.85. The van der Waals surface area contributed by atoms with E-state index in [4.69, 9.17) is 11.6 Å². The van der Waals surface area contributed by atoms with Gasteiger partial charge in [0.2, 0.25) is 5.88 Å². The second kappa shape index (κ2) is 5.33. The standard InChI is InChI=1S/C16H10ClN5O/c17-9-5-6-12-11(7-9)15(19-8-18-12)22-21-14-10-3-1-2-4-13(10)20-16(14)23/h1-8,20,23H. The van der Waals surface area contributed by atoms with Gasteiger partial charge in [-0.25, -0.2) is 9.97 Å². The van der Waals surface area contributed by atoms with Gasteiger partial charge in [-0.15, -0.1) is 10.2 Å². The number of nitrogens with one attached hydrogen (secondary N) is 1. The Kier molecular flexibility index (Phi) is 3.17. The van der Waals surface area contributed by atoms with E-state index in [1.165, 1.54) is 6.33 Å². The Hall–Kier alpha value is -2.99. The Labute approximate surface area is 135 Å². The largest absolute Gasteiger partial charge is 0.493 e. The van der Waals surface area contributed by atoms with Gasteiger partial charge in [-0.2, -0.15) is 0 Å². The molecule has 0 amide bonds. The van der Waals surface area contributed by atoms with Gasteiger partial charge >= 0.3 is 0 Å². The number of benzene rings is 2. The molecule has 0 unspecified atom stereocenters. The molecule has 112 valence electrons. The minimum absolute atomic E-state index is 0.0358. The Morgan fingerprint density at radius 1 is 1.00 bits per heavy atom. The topological polar surface area (TPSA) is 86.5 Å². The van der Waals surface area contributed by atoms with E-state index in [0.717, 1.165) is 16.4 Å². The molecular formula is C16H10ClN5O. The third-order valence-corrected chi connectivity index (χ3v) is 3.72. The van der Waals surface area contributed by atoms with Crippen LogP contribution in [0.5, 0.6) is 5.88 Å². The van der Waals surface area contributed by atoms with Crippen molar-refractivity contribution in [1.82, 2.24) is 15.0 Å². The molecule has 7 heteroatoms. The Bertz CT molecular complexity index is 1060. The van der Waals surface area contributed by atoms with Crippen LogP contribution in [0, 0.1) is 0 Å². The van der Waals surface area contributed by atoms with Gasteiger partial charge in [0.15, 0.2) is 11.5 Å². The summed E-state index contributed by atoms with van der Waals surface area (Å²) in [5.41, 5.74) is 1.88. The van der Waals surface area contributed by atoms with Crippen molar-refractivity contribution in [3.8, 4) is 5.88 Å². The summed E-state index contributed by atoms with van der Waals surface area (Å²) >= 11 is 6.02. The highest BCUT2D eigenvalue weighted by molar-refractivity contribution is 6.31. The van der Waals surface area contributed by atoms with Gasteiger partial charge in [-0.05, 0) is 24.3 Å². The molecule has 2 aromatic heterocycles. The predicted molar refractivity (Wildman–Crippen MR) is 88.7 cm³/mol. The van der Waals surface area contributed by atoms with Crippen molar-refractivity contribution < 1.29 is 5.11 Å². The molecule has 2 heterocycles. The fourth-order valence-electron chi connectivity index (χ4n) is 2.41. The number of rotatable bonds is 2. The highest BCUT2D eigenvalue weighted by Crippen LogP contribution is 2.36. The van der Waals surface area contributed by atoms with Crippen LogP contribution >= 0.6 is 11.6 Å². The highest BCUT2D eigenvalue weighted by atomic mass is 35.5. The van der Waals surface area contributed by atoms with E-state index in [9.17, 15) is 5.11 Å².